The summed E-state index contributed by atoms with van der Waals surface area (Å²) in [6.45, 7) is 2.91. The van der Waals surface area contributed by atoms with Crippen LogP contribution >= 0.6 is 27.3 Å². The van der Waals surface area contributed by atoms with Gasteiger partial charge in [-0.05, 0) is 40.2 Å². The monoisotopic (exact) mass is 424 g/mol. The molecule has 2 amide bonds. The Bertz CT molecular complexity index is 744. The summed E-state index contributed by atoms with van der Waals surface area (Å²) in [6.07, 6.45) is 1.61. The van der Waals surface area contributed by atoms with Crippen LogP contribution in [0.3, 0.4) is 0 Å². The predicted octanol–water partition coefficient (Wildman–Crippen LogP) is 2.11. The van der Waals surface area contributed by atoms with Crippen LogP contribution in [0.25, 0.3) is 0 Å². The normalized spacial score (nSPS) is 14.2. The standard InChI is InChI=1S/C16H17BrN4O3S/c17-13-3-2-12(25-13)16(23)19-10-15(22)20-11-1-4-14(18-9-11)21-5-7-24-8-6-21/h1-4,9H,5-8,10H2,(H,19,23)(H,20,22). The maximum atomic E-state index is 12.0. The van der Waals surface area contributed by atoms with Crippen LogP contribution in [-0.2, 0) is 9.53 Å². The zero-order valence-corrected chi connectivity index (χ0v) is 15.7. The van der Waals surface area contributed by atoms with Crippen molar-refractivity contribution >= 4 is 50.6 Å². The van der Waals surface area contributed by atoms with Gasteiger partial charge < -0.3 is 20.3 Å². The largest absolute Gasteiger partial charge is 0.378 e. The van der Waals surface area contributed by atoms with Crippen molar-refractivity contribution in [2.24, 2.45) is 0 Å². The quantitative estimate of drug-likeness (QED) is 0.767. The van der Waals surface area contributed by atoms with Gasteiger partial charge >= 0.3 is 0 Å². The molecule has 0 atom stereocenters. The molecule has 0 aliphatic carbocycles. The highest BCUT2D eigenvalue weighted by Gasteiger charge is 2.13. The molecule has 3 heterocycles. The Hall–Kier alpha value is -1.97. The molecule has 1 fully saturated rings. The number of hydrogen-bond acceptors (Lipinski definition) is 6. The average molecular weight is 425 g/mol. The van der Waals surface area contributed by atoms with Gasteiger partial charge in [-0.2, -0.15) is 0 Å². The minimum Gasteiger partial charge on any atom is -0.378 e. The fourth-order valence-electron chi connectivity index (χ4n) is 2.33. The third-order valence-corrected chi connectivity index (χ3v) is 5.20. The van der Waals surface area contributed by atoms with Gasteiger partial charge in [0.25, 0.3) is 5.91 Å². The molecule has 1 saturated heterocycles. The Balaban J connectivity index is 1.48. The van der Waals surface area contributed by atoms with Crippen LogP contribution in [0.15, 0.2) is 34.2 Å². The minimum atomic E-state index is -0.301. The number of pyridine rings is 1. The Kier molecular flexibility index (Phi) is 6.00. The minimum absolute atomic E-state index is 0.0977. The number of carbonyl (C=O) groups excluding carboxylic acids is 2. The van der Waals surface area contributed by atoms with E-state index in [2.05, 4.69) is 36.4 Å². The number of aromatic nitrogens is 1. The molecule has 132 valence electrons. The zero-order valence-electron chi connectivity index (χ0n) is 13.3. The van der Waals surface area contributed by atoms with E-state index >= 15 is 0 Å². The topological polar surface area (TPSA) is 83.6 Å². The van der Waals surface area contributed by atoms with E-state index in [0.29, 0.717) is 23.8 Å². The number of thiophene rings is 1. The SMILES string of the molecule is O=C(CNC(=O)c1ccc(Br)s1)Nc1ccc(N2CCOCC2)nc1. The highest BCUT2D eigenvalue weighted by Crippen LogP contribution is 2.21. The van der Waals surface area contributed by atoms with Crippen molar-refractivity contribution in [3.8, 4) is 0 Å². The molecule has 0 radical (unpaired) electrons. The van der Waals surface area contributed by atoms with E-state index in [1.54, 1.807) is 24.4 Å². The Labute approximate surface area is 157 Å². The third kappa shape index (κ3) is 5.00. The molecule has 2 N–H and O–H groups in total. The van der Waals surface area contributed by atoms with E-state index in [9.17, 15) is 9.59 Å². The van der Waals surface area contributed by atoms with Gasteiger partial charge in [0.2, 0.25) is 5.91 Å². The van der Waals surface area contributed by atoms with Crippen LogP contribution in [0.1, 0.15) is 9.67 Å². The van der Waals surface area contributed by atoms with E-state index in [1.165, 1.54) is 11.3 Å². The van der Waals surface area contributed by atoms with Crippen LogP contribution in [-0.4, -0.2) is 49.6 Å². The molecule has 0 aromatic carbocycles. The third-order valence-electron chi connectivity index (χ3n) is 3.57. The molecular formula is C16H17BrN4O3S. The van der Waals surface area contributed by atoms with Crippen LogP contribution in [0.4, 0.5) is 11.5 Å². The Morgan fingerprint density at radius 1 is 1.24 bits per heavy atom. The van der Waals surface area contributed by atoms with Crippen molar-refractivity contribution in [2.75, 3.05) is 43.1 Å². The summed E-state index contributed by atoms with van der Waals surface area (Å²) in [7, 11) is 0. The van der Waals surface area contributed by atoms with Gasteiger partial charge in [0.15, 0.2) is 0 Å². The molecule has 9 heteroatoms. The van der Waals surface area contributed by atoms with Gasteiger partial charge in [-0.15, -0.1) is 11.3 Å². The molecule has 2 aromatic rings. The maximum absolute atomic E-state index is 12.0. The number of nitrogens with one attached hydrogen (secondary N) is 2. The van der Waals surface area contributed by atoms with Gasteiger partial charge in [-0.1, -0.05) is 0 Å². The van der Waals surface area contributed by atoms with Crippen molar-refractivity contribution in [1.82, 2.24) is 10.3 Å². The number of hydrogen-bond donors (Lipinski definition) is 2. The smallest absolute Gasteiger partial charge is 0.261 e. The predicted molar refractivity (Wildman–Crippen MR) is 100 cm³/mol. The fourth-order valence-corrected chi connectivity index (χ4v) is 3.63. The number of ether oxygens (including phenoxy) is 1. The van der Waals surface area contributed by atoms with Crippen molar-refractivity contribution in [2.45, 2.75) is 0 Å². The van der Waals surface area contributed by atoms with Gasteiger partial charge in [-0.3, -0.25) is 9.59 Å². The number of rotatable bonds is 5. The average Bonchev–Trinajstić information content (AvgIpc) is 3.08. The molecule has 7 nitrogen and oxygen atoms in total. The van der Waals surface area contributed by atoms with Gasteiger partial charge in [0.1, 0.15) is 5.82 Å². The number of nitrogens with zero attached hydrogens (tertiary/aromatic N) is 2. The first kappa shape index (κ1) is 17.8. The lowest BCUT2D eigenvalue weighted by molar-refractivity contribution is -0.115. The van der Waals surface area contributed by atoms with E-state index in [1.807, 2.05) is 6.07 Å². The number of amides is 2. The number of halogens is 1. The molecule has 0 unspecified atom stereocenters. The first-order valence-corrected chi connectivity index (χ1v) is 9.35. The van der Waals surface area contributed by atoms with Gasteiger partial charge in [0, 0.05) is 13.1 Å². The molecule has 0 bridgehead atoms. The summed E-state index contributed by atoms with van der Waals surface area (Å²) in [5.74, 6) is 0.286. The van der Waals surface area contributed by atoms with Crippen LogP contribution < -0.4 is 15.5 Å². The number of carbonyl (C=O) groups is 2. The van der Waals surface area contributed by atoms with E-state index < -0.39 is 0 Å². The first-order chi connectivity index (χ1) is 12.1. The Morgan fingerprint density at radius 2 is 2.04 bits per heavy atom. The maximum Gasteiger partial charge on any atom is 0.261 e. The van der Waals surface area contributed by atoms with E-state index in [-0.39, 0.29) is 18.4 Å². The lowest BCUT2D eigenvalue weighted by Crippen LogP contribution is -2.36. The summed E-state index contributed by atoms with van der Waals surface area (Å²) in [6, 6.07) is 7.16. The van der Waals surface area contributed by atoms with Crippen molar-refractivity contribution in [1.29, 1.82) is 0 Å². The van der Waals surface area contributed by atoms with E-state index in [4.69, 9.17) is 4.74 Å². The molecule has 1 aliphatic heterocycles. The number of morpholine rings is 1. The summed E-state index contributed by atoms with van der Waals surface area (Å²) in [5.41, 5.74) is 0.593. The second-order valence-corrected chi connectivity index (χ2v) is 7.80. The number of anilines is 2. The summed E-state index contributed by atoms with van der Waals surface area (Å²) in [4.78, 5) is 30.9. The van der Waals surface area contributed by atoms with Crippen molar-refractivity contribution < 1.29 is 14.3 Å². The van der Waals surface area contributed by atoms with Crippen molar-refractivity contribution in [3.05, 3.63) is 39.1 Å². The second kappa shape index (κ2) is 8.41. The zero-order chi connectivity index (χ0) is 17.6. The molecular weight excluding hydrogens is 408 g/mol. The first-order valence-electron chi connectivity index (χ1n) is 7.74. The molecule has 0 spiro atoms. The highest BCUT2D eigenvalue weighted by atomic mass is 79.9. The molecule has 25 heavy (non-hydrogen) atoms. The fraction of sp³-hybridized carbons (Fsp3) is 0.312. The van der Waals surface area contributed by atoms with Gasteiger partial charge in [0.05, 0.1) is 40.3 Å². The highest BCUT2D eigenvalue weighted by molar-refractivity contribution is 9.11. The van der Waals surface area contributed by atoms with Crippen LogP contribution in [0.2, 0.25) is 0 Å². The van der Waals surface area contributed by atoms with Gasteiger partial charge in [-0.25, -0.2) is 4.98 Å². The molecule has 3 rings (SSSR count). The van der Waals surface area contributed by atoms with Crippen molar-refractivity contribution in [3.63, 3.8) is 0 Å². The Morgan fingerprint density at radius 3 is 2.68 bits per heavy atom. The summed E-state index contributed by atoms with van der Waals surface area (Å²) in [5, 5.41) is 5.31. The van der Waals surface area contributed by atoms with Crippen LogP contribution in [0, 0.1) is 0 Å². The van der Waals surface area contributed by atoms with E-state index in [0.717, 1.165) is 22.7 Å². The summed E-state index contributed by atoms with van der Waals surface area (Å²) < 4.78 is 6.18. The molecule has 0 saturated carbocycles. The van der Waals surface area contributed by atoms with Crippen LogP contribution in [0.5, 0.6) is 0 Å². The lowest BCUT2D eigenvalue weighted by atomic mass is 10.3. The molecule has 1 aliphatic rings. The summed E-state index contributed by atoms with van der Waals surface area (Å²) >= 11 is 4.62. The lowest BCUT2D eigenvalue weighted by Gasteiger charge is -2.27. The molecule has 2 aromatic heterocycles. The second-order valence-electron chi connectivity index (χ2n) is 5.34.